The maximum Gasteiger partial charge on any atom is 0.313 e. The second-order valence-electron chi connectivity index (χ2n) is 6.97. The van der Waals surface area contributed by atoms with Crippen LogP contribution in [0.1, 0.15) is 5.56 Å². The number of benzene rings is 2. The van der Waals surface area contributed by atoms with Crippen molar-refractivity contribution in [1.82, 2.24) is 9.62 Å². The molecule has 0 atom stereocenters. The third kappa shape index (κ3) is 5.98. The van der Waals surface area contributed by atoms with E-state index in [0.29, 0.717) is 43.5 Å². The minimum Gasteiger partial charge on any atom is -0.495 e. The van der Waals surface area contributed by atoms with E-state index < -0.39 is 21.8 Å². The van der Waals surface area contributed by atoms with Gasteiger partial charge < -0.3 is 20.1 Å². The standard InChI is InChI=1S/C21H24ClN3O6S/c1-30-19-7-4-16(22)14-18(19)24-21(27)20(26)23-9-8-15-2-5-17(6-3-15)32(28,29)25-10-12-31-13-11-25/h2-7,14H,8-13H2,1H3,(H,23,26)(H,24,27). The number of halogens is 1. The minimum atomic E-state index is -3.55. The topological polar surface area (TPSA) is 114 Å². The lowest BCUT2D eigenvalue weighted by Crippen LogP contribution is -2.40. The van der Waals surface area contributed by atoms with Crippen LogP contribution in [0.15, 0.2) is 47.4 Å². The Morgan fingerprint density at radius 2 is 1.78 bits per heavy atom. The first-order valence-electron chi connectivity index (χ1n) is 9.91. The molecule has 0 radical (unpaired) electrons. The van der Waals surface area contributed by atoms with Crippen molar-refractivity contribution in [2.45, 2.75) is 11.3 Å². The molecule has 1 aliphatic heterocycles. The molecule has 1 fully saturated rings. The molecular weight excluding hydrogens is 458 g/mol. The molecule has 3 rings (SSSR count). The summed E-state index contributed by atoms with van der Waals surface area (Å²) in [4.78, 5) is 24.4. The molecule has 11 heteroatoms. The van der Waals surface area contributed by atoms with E-state index in [1.54, 1.807) is 36.4 Å². The van der Waals surface area contributed by atoms with E-state index in [-0.39, 0.29) is 17.1 Å². The van der Waals surface area contributed by atoms with E-state index in [1.807, 2.05) is 0 Å². The number of hydrogen-bond acceptors (Lipinski definition) is 6. The van der Waals surface area contributed by atoms with Crippen LogP contribution >= 0.6 is 11.6 Å². The SMILES string of the molecule is COc1ccc(Cl)cc1NC(=O)C(=O)NCCc1ccc(S(=O)(=O)N2CCOCC2)cc1. The van der Waals surface area contributed by atoms with Crippen LogP contribution in [0.3, 0.4) is 0 Å². The molecule has 2 N–H and O–H groups in total. The number of carbonyl (C=O) groups excluding carboxylic acids is 2. The van der Waals surface area contributed by atoms with E-state index in [0.717, 1.165) is 5.56 Å². The molecule has 2 amide bonds. The van der Waals surface area contributed by atoms with Crippen LogP contribution in [0.25, 0.3) is 0 Å². The summed E-state index contributed by atoms with van der Waals surface area (Å²) in [5.41, 5.74) is 1.11. The summed E-state index contributed by atoms with van der Waals surface area (Å²) in [6.07, 6.45) is 0.428. The Hall–Kier alpha value is -2.66. The average Bonchev–Trinajstić information content (AvgIpc) is 2.80. The molecule has 1 saturated heterocycles. The first-order valence-corrected chi connectivity index (χ1v) is 11.7. The molecule has 0 unspecified atom stereocenters. The van der Waals surface area contributed by atoms with Crippen molar-refractivity contribution >= 4 is 39.1 Å². The highest BCUT2D eigenvalue weighted by molar-refractivity contribution is 7.89. The zero-order chi connectivity index (χ0) is 23.1. The zero-order valence-corrected chi connectivity index (χ0v) is 19.0. The van der Waals surface area contributed by atoms with Gasteiger partial charge in [-0.15, -0.1) is 0 Å². The highest BCUT2D eigenvalue weighted by Crippen LogP contribution is 2.27. The lowest BCUT2D eigenvalue weighted by molar-refractivity contribution is -0.136. The van der Waals surface area contributed by atoms with Crippen LogP contribution < -0.4 is 15.4 Å². The number of anilines is 1. The largest absolute Gasteiger partial charge is 0.495 e. The van der Waals surface area contributed by atoms with Gasteiger partial charge in [-0.25, -0.2) is 8.42 Å². The van der Waals surface area contributed by atoms with E-state index in [1.165, 1.54) is 17.5 Å². The fraction of sp³-hybridized carbons (Fsp3) is 0.333. The van der Waals surface area contributed by atoms with Crippen molar-refractivity contribution in [2.24, 2.45) is 0 Å². The number of carbonyl (C=O) groups is 2. The minimum absolute atomic E-state index is 0.203. The van der Waals surface area contributed by atoms with Gasteiger partial charge in [0.15, 0.2) is 0 Å². The fourth-order valence-electron chi connectivity index (χ4n) is 3.12. The number of methoxy groups -OCH3 is 1. The summed E-state index contributed by atoms with van der Waals surface area (Å²) in [6, 6.07) is 11.1. The Morgan fingerprint density at radius 1 is 1.09 bits per heavy atom. The van der Waals surface area contributed by atoms with Crippen molar-refractivity contribution in [1.29, 1.82) is 0 Å². The summed E-state index contributed by atoms with van der Waals surface area (Å²) in [6.45, 7) is 1.64. The number of nitrogens with one attached hydrogen (secondary N) is 2. The van der Waals surface area contributed by atoms with E-state index in [9.17, 15) is 18.0 Å². The van der Waals surface area contributed by atoms with Gasteiger partial charge in [0.2, 0.25) is 10.0 Å². The van der Waals surface area contributed by atoms with Crippen LogP contribution in [0.2, 0.25) is 5.02 Å². The van der Waals surface area contributed by atoms with Gasteiger partial charge in [0.1, 0.15) is 5.75 Å². The Labute approximate surface area is 191 Å². The number of morpholine rings is 1. The summed E-state index contributed by atoms with van der Waals surface area (Å²) >= 11 is 5.92. The van der Waals surface area contributed by atoms with Crippen molar-refractivity contribution in [3.8, 4) is 5.75 Å². The lowest BCUT2D eigenvalue weighted by Gasteiger charge is -2.26. The molecule has 172 valence electrons. The quantitative estimate of drug-likeness (QED) is 0.581. The van der Waals surface area contributed by atoms with Crippen molar-refractivity contribution < 1.29 is 27.5 Å². The highest BCUT2D eigenvalue weighted by Gasteiger charge is 2.26. The van der Waals surface area contributed by atoms with Crippen molar-refractivity contribution in [2.75, 3.05) is 45.3 Å². The maximum atomic E-state index is 12.6. The van der Waals surface area contributed by atoms with E-state index in [2.05, 4.69) is 10.6 Å². The molecule has 0 aromatic heterocycles. The predicted molar refractivity (Wildman–Crippen MR) is 119 cm³/mol. The molecule has 0 spiro atoms. The molecule has 1 heterocycles. The van der Waals surface area contributed by atoms with E-state index in [4.69, 9.17) is 21.1 Å². The van der Waals surface area contributed by atoms with Crippen molar-refractivity contribution in [3.63, 3.8) is 0 Å². The molecule has 0 saturated carbocycles. The first-order chi connectivity index (χ1) is 15.3. The monoisotopic (exact) mass is 481 g/mol. The summed E-state index contributed by atoms with van der Waals surface area (Å²) in [5, 5.41) is 5.39. The van der Waals surface area contributed by atoms with Gasteiger partial charge in [0.25, 0.3) is 0 Å². The number of hydrogen-bond donors (Lipinski definition) is 2. The van der Waals surface area contributed by atoms with Crippen molar-refractivity contribution in [3.05, 3.63) is 53.1 Å². The van der Waals surface area contributed by atoms with Gasteiger partial charge in [0.05, 0.1) is 30.9 Å². The highest BCUT2D eigenvalue weighted by atomic mass is 35.5. The molecule has 0 aliphatic carbocycles. The normalized spacial score (nSPS) is 14.6. The summed E-state index contributed by atoms with van der Waals surface area (Å²) < 4.78 is 37.0. The average molecular weight is 482 g/mol. The number of ether oxygens (including phenoxy) is 2. The molecule has 32 heavy (non-hydrogen) atoms. The maximum absolute atomic E-state index is 12.6. The van der Waals surface area contributed by atoms with Crippen LogP contribution in [0, 0.1) is 0 Å². The number of nitrogens with zero attached hydrogens (tertiary/aromatic N) is 1. The molecular formula is C21H24ClN3O6S. The first kappa shape index (κ1) is 24.0. The molecule has 1 aliphatic rings. The molecule has 2 aromatic rings. The summed E-state index contributed by atoms with van der Waals surface area (Å²) in [5.74, 6) is -1.28. The molecule has 2 aromatic carbocycles. The Kier molecular flexibility index (Phi) is 8.08. The van der Waals surface area contributed by atoms with Gasteiger partial charge in [0, 0.05) is 24.7 Å². The lowest BCUT2D eigenvalue weighted by atomic mass is 10.1. The van der Waals surface area contributed by atoms with Gasteiger partial charge in [-0.1, -0.05) is 23.7 Å². The Balaban J connectivity index is 1.51. The number of sulfonamides is 1. The fourth-order valence-corrected chi connectivity index (χ4v) is 4.70. The molecule has 9 nitrogen and oxygen atoms in total. The smallest absolute Gasteiger partial charge is 0.313 e. The second kappa shape index (κ2) is 10.8. The van der Waals surface area contributed by atoms with E-state index >= 15 is 0 Å². The summed E-state index contributed by atoms with van der Waals surface area (Å²) in [7, 11) is -2.11. The third-order valence-corrected chi connectivity index (χ3v) is 6.99. The van der Waals surface area contributed by atoms with Gasteiger partial charge in [-0.2, -0.15) is 4.31 Å². The van der Waals surface area contributed by atoms with Crippen LogP contribution in [-0.4, -0.2) is 64.5 Å². The van der Waals surface area contributed by atoms with Gasteiger partial charge in [-0.05, 0) is 42.3 Å². The third-order valence-electron chi connectivity index (χ3n) is 4.85. The van der Waals surface area contributed by atoms with Gasteiger partial charge >= 0.3 is 11.8 Å². The zero-order valence-electron chi connectivity index (χ0n) is 17.5. The van der Waals surface area contributed by atoms with Crippen LogP contribution in [0.5, 0.6) is 5.75 Å². The van der Waals surface area contributed by atoms with Crippen LogP contribution in [-0.2, 0) is 30.8 Å². The van der Waals surface area contributed by atoms with Gasteiger partial charge in [-0.3, -0.25) is 9.59 Å². The Bertz CT molecular complexity index is 1070. The van der Waals surface area contributed by atoms with Crippen LogP contribution in [0.4, 0.5) is 5.69 Å². The second-order valence-corrected chi connectivity index (χ2v) is 9.34. The number of rotatable bonds is 7. The molecule has 0 bridgehead atoms. The number of amides is 2. The predicted octanol–water partition coefficient (Wildman–Crippen LogP) is 1.67. The Morgan fingerprint density at radius 3 is 2.44 bits per heavy atom.